The summed E-state index contributed by atoms with van der Waals surface area (Å²) >= 11 is 3.68. The highest BCUT2D eigenvalue weighted by Gasteiger charge is 2.17. The monoisotopic (exact) mass is 375 g/mol. The van der Waals surface area contributed by atoms with Crippen molar-refractivity contribution in [3.63, 3.8) is 0 Å². The molecule has 0 radical (unpaired) electrons. The van der Waals surface area contributed by atoms with Crippen LogP contribution in [-0.2, 0) is 17.9 Å². The van der Waals surface area contributed by atoms with Gasteiger partial charge in [-0.25, -0.2) is 0 Å². The van der Waals surface area contributed by atoms with Crippen molar-refractivity contribution in [3.8, 4) is 5.75 Å². The van der Waals surface area contributed by atoms with Crippen LogP contribution in [0.5, 0.6) is 5.75 Å². The highest BCUT2D eigenvalue weighted by molar-refractivity contribution is 9.10. The molecule has 0 spiro atoms. The molecule has 0 aromatic heterocycles. The minimum Gasteiger partial charge on any atom is -0.489 e. The van der Waals surface area contributed by atoms with Crippen molar-refractivity contribution in [1.29, 1.82) is 0 Å². The summed E-state index contributed by atoms with van der Waals surface area (Å²) in [5.41, 5.74) is 2.46. The number of nitrogens with zero attached hydrogens (tertiary/aromatic N) is 1. The summed E-state index contributed by atoms with van der Waals surface area (Å²) in [6.45, 7) is 6.45. The maximum Gasteiger partial charge on any atom is 0.120 e. The van der Waals surface area contributed by atoms with Gasteiger partial charge in [0.1, 0.15) is 12.4 Å². The standard InChI is InChI=1S/C19H22BrNO2/c1-15-12-21(9-10-22-15)13-17-7-8-18(11-19(17)20)23-14-16-5-3-2-4-6-16/h2-8,11,15H,9-10,12-14H2,1H3/t15-/m0/s1. The number of hydrogen-bond acceptors (Lipinski definition) is 3. The Morgan fingerprint density at radius 2 is 2.04 bits per heavy atom. The van der Waals surface area contributed by atoms with Crippen molar-refractivity contribution in [3.05, 3.63) is 64.1 Å². The van der Waals surface area contributed by atoms with E-state index in [1.54, 1.807) is 0 Å². The Hall–Kier alpha value is -1.36. The molecule has 3 nitrogen and oxygen atoms in total. The molecule has 0 bridgehead atoms. The van der Waals surface area contributed by atoms with Gasteiger partial charge in [-0.05, 0) is 30.2 Å². The van der Waals surface area contributed by atoms with Crippen LogP contribution in [0.2, 0.25) is 0 Å². The van der Waals surface area contributed by atoms with Crippen LogP contribution in [0.1, 0.15) is 18.1 Å². The third-order valence-corrected chi connectivity index (χ3v) is 4.73. The number of rotatable bonds is 5. The maximum absolute atomic E-state index is 5.87. The molecule has 1 aliphatic heterocycles. The fourth-order valence-electron chi connectivity index (χ4n) is 2.76. The van der Waals surface area contributed by atoms with Crippen molar-refractivity contribution in [1.82, 2.24) is 4.90 Å². The Bertz CT molecular complexity index is 633. The molecule has 0 amide bonds. The second-order valence-corrected chi connectivity index (χ2v) is 6.80. The fourth-order valence-corrected chi connectivity index (χ4v) is 3.25. The van der Waals surface area contributed by atoms with Gasteiger partial charge in [0.05, 0.1) is 12.7 Å². The lowest BCUT2D eigenvalue weighted by atomic mass is 10.2. The summed E-state index contributed by atoms with van der Waals surface area (Å²) in [5, 5.41) is 0. The first-order chi connectivity index (χ1) is 11.2. The van der Waals surface area contributed by atoms with Gasteiger partial charge in [0, 0.05) is 24.1 Å². The van der Waals surface area contributed by atoms with E-state index >= 15 is 0 Å². The van der Waals surface area contributed by atoms with Gasteiger partial charge >= 0.3 is 0 Å². The van der Waals surface area contributed by atoms with Crippen molar-refractivity contribution in [2.45, 2.75) is 26.2 Å². The van der Waals surface area contributed by atoms with E-state index in [0.717, 1.165) is 36.5 Å². The largest absolute Gasteiger partial charge is 0.489 e. The van der Waals surface area contributed by atoms with Gasteiger partial charge in [-0.15, -0.1) is 0 Å². The van der Waals surface area contributed by atoms with Crippen molar-refractivity contribution in [2.75, 3.05) is 19.7 Å². The van der Waals surface area contributed by atoms with Gasteiger partial charge in [0.25, 0.3) is 0 Å². The maximum atomic E-state index is 5.87. The predicted octanol–water partition coefficient (Wildman–Crippen LogP) is 4.25. The van der Waals surface area contributed by atoms with E-state index in [1.165, 1.54) is 11.1 Å². The van der Waals surface area contributed by atoms with E-state index < -0.39 is 0 Å². The Labute approximate surface area is 146 Å². The SMILES string of the molecule is C[C@H]1CN(Cc2ccc(OCc3ccccc3)cc2Br)CCO1. The Balaban J connectivity index is 1.59. The summed E-state index contributed by atoms with van der Waals surface area (Å²) in [7, 11) is 0. The molecule has 4 heteroatoms. The fraction of sp³-hybridized carbons (Fsp3) is 0.368. The zero-order valence-corrected chi connectivity index (χ0v) is 15.0. The summed E-state index contributed by atoms with van der Waals surface area (Å²) < 4.78 is 12.6. The Morgan fingerprint density at radius 3 is 2.78 bits per heavy atom. The highest BCUT2D eigenvalue weighted by atomic mass is 79.9. The quantitative estimate of drug-likeness (QED) is 0.779. The molecule has 0 aliphatic carbocycles. The summed E-state index contributed by atoms with van der Waals surface area (Å²) in [6, 6.07) is 16.5. The molecule has 2 aromatic carbocycles. The van der Waals surface area contributed by atoms with Gasteiger partial charge < -0.3 is 9.47 Å². The number of benzene rings is 2. The second kappa shape index (κ2) is 7.95. The molecule has 0 N–H and O–H groups in total. The normalized spacial score (nSPS) is 18.8. The highest BCUT2D eigenvalue weighted by Crippen LogP contribution is 2.25. The molecule has 0 unspecified atom stereocenters. The van der Waals surface area contributed by atoms with Gasteiger partial charge in [0.2, 0.25) is 0 Å². The van der Waals surface area contributed by atoms with Crippen LogP contribution in [0, 0.1) is 0 Å². The van der Waals surface area contributed by atoms with E-state index in [0.29, 0.717) is 12.7 Å². The smallest absolute Gasteiger partial charge is 0.120 e. The van der Waals surface area contributed by atoms with E-state index in [-0.39, 0.29) is 0 Å². The first-order valence-corrected chi connectivity index (χ1v) is 8.79. The third-order valence-electron chi connectivity index (χ3n) is 3.99. The molecule has 1 heterocycles. The van der Waals surface area contributed by atoms with Crippen LogP contribution in [0.4, 0.5) is 0 Å². The average Bonchev–Trinajstić information content (AvgIpc) is 2.56. The molecule has 0 saturated carbocycles. The average molecular weight is 376 g/mol. The zero-order valence-electron chi connectivity index (χ0n) is 13.4. The molecule has 1 atom stereocenters. The number of ether oxygens (including phenoxy) is 2. The lowest BCUT2D eigenvalue weighted by Crippen LogP contribution is -2.40. The lowest BCUT2D eigenvalue weighted by Gasteiger charge is -2.31. The van der Waals surface area contributed by atoms with E-state index in [1.807, 2.05) is 24.3 Å². The number of hydrogen-bond donors (Lipinski definition) is 0. The minimum atomic E-state index is 0.316. The molecule has 2 aromatic rings. The molecule has 1 aliphatic rings. The number of morpholine rings is 1. The summed E-state index contributed by atoms with van der Waals surface area (Å²) in [6.07, 6.45) is 0.316. The van der Waals surface area contributed by atoms with Gasteiger partial charge in [0.15, 0.2) is 0 Å². The second-order valence-electron chi connectivity index (χ2n) is 5.94. The third kappa shape index (κ3) is 4.80. The minimum absolute atomic E-state index is 0.316. The van der Waals surface area contributed by atoms with Crippen LogP contribution in [0.15, 0.2) is 53.0 Å². The van der Waals surface area contributed by atoms with Crippen molar-refractivity contribution >= 4 is 15.9 Å². The molecular weight excluding hydrogens is 354 g/mol. The van der Waals surface area contributed by atoms with Gasteiger partial charge in [-0.3, -0.25) is 4.90 Å². The zero-order chi connectivity index (χ0) is 16.1. The Morgan fingerprint density at radius 1 is 1.22 bits per heavy atom. The van der Waals surface area contributed by atoms with E-state index in [4.69, 9.17) is 9.47 Å². The molecule has 122 valence electrons. The first-order valence-electron chi connectivity index (χ1n) is 8.00. The summed E-state index contributed by atoms with van der Waals surface area (Å²) in [5.74, 6) is 0.889. The van der Waals surface area contributed by atoms with Crippen molar-refractivity contribution < 1.29 is 9.47 Å². The molecular formula is C19H22BrNO2. The lowest BCUT2D eigenvalue weighted by molar-refractivity contribution is -0.0212. The summed E-state index contributed by atoms with van der Waals surface area (Å²) in [4.78, 5) is 2.43. The molecule has 3 rings (SSSR count). The van der Waals surface area contributed by atoms with Crippen LogP contribution >= 0.6 is 15.9 Å². The van der Waals surface area contributed by atoms with Gasteiger partial charge in [-0.2, -0.15) is 0 Å². The first kappa shape index (κ1) is 16.5. The van der Waals surface area contributed by atoms with Gasteiger partial charge in [-0.1, -0.05) is 52.3 Å². The Kier molecular flexibility index (Phi) is 5.70. The van der Waals surface area contributed by atoms with Crippen molar-refractivity contribution in [2.24, 2.45) is 0 Å². The van der Waals surface area contributed by atoms with E-state index in [9.17, 15) is 0 Å². The molecule has 23 heavy (non-hydrogen) atoms. The molecule has 1 fully saturated rings. The topological polar surface area (TPSA) is 21.7 Å². The predicted molar refractivity (Wildman–Crippen MR) is 95.6 cm³/mol. The van der Waals surface area contributed by atoms with Crippen LogP contribution in [0.25, 0.3) is 0 Å². The number of halogens is 1. The molecule has 1 saturated heterocycles. The van der Waals surface area contributed by atoms with E-state index in [2.05, 4.69) is 52.0 Å². The van der Waals surface area contributed by atoms with Crippen LogP contribution in [-0.4, -0.2) is 30.7 Å². The van der Waals surface area contributed by atoms with Crippen LogP contribution < -0.4 is 4.74 Å². The van der Waals surface area contributed by atoms with Crippen LogP contribution in [0.3, 0.4) is 0 Å².